The molecule has 0 aromatic heterocycles. The summed E-state index contributed by atoms with van der Waals surface area (Å²) in [5.74, 6) is 0.169. The second-order valence-corrected chi connectivity index (χ2v) is 8.60. The Morgan fingerprint density at radius 1 is 1.19 bits per heavy atom. The van der Waals surface area contributed by atoms with Gasteiger partial charge in [-0.1, -0.05) is 6.07 Å². The molecule has 0 aliphatic carbocycles. The zero-order chi connectivity index (χ0) is 19.3. The van der Waals surface area contributed by atoms with E-state index in [1.165, 1.54) is 19.2 Å². The third-order valence-electron chi connectivity index (χ3n) is 3.61. The van der Waals surface area contributed by atoms with Gasteiger partial charge in [0.1, 0.15) is 5.75 Å². The summed E-state index contributed by atoms with van der Waals surface area (Å²) in [4.78, 5) is 12.3. The summed E-state index contributed by atoms with van der Waals surface area (Å²) in [6.07, 6.45) is 0. The molecule has 0 heterocycles. The summed E-state index contributed by atoms with van der Waals surface area (Å²) in [5.41, 5.74) is 1.64. The van der Waals surface area contributed by atoms with Crippen molar-refractivity contribution in [1.82, 2.24) is 4.31 Å². The molecular formula is C18H21BrN2O4S. The van der Waals surface area contributed by atoms with E-state index in [0.717, 1.165) is 14.3 Å². The number of rotatable bonds is 7. The quantitative estimate of drug-likeness (QED) is 0.715. The molecule has 0 saturated carbocycles. The standard InChI is InChI=1S/C18H21BrN2O4S/c1-4-25-14-6-8-15(9-7-14)26(23,24)21(3)12-18(22)20-17-10-5-13(2)11-16(17)19/h5-11H,4,12H2,1-3H3,(H,20,22). The lowest BCUT2D eigenvalue weighted by atomic mass is 10.2. The van der Waals surface area contributed by atoms with E-state index in [-0.39, 0.29) is 11.4 Å². The lowest BCUT2D eigenvalue weighted by Gasteiger charge is -2.17. The van der Waals surface area contributed by atoms with E-state index >= 15 is 0 Å². The van der Waals surface area contributed by atoms with Crippen molar-refractivity contribution in [2.45, 2.75) is 18.7 Å². The minimum absolute atomic E-state index is 0.104. The van der Waals surface area contributed by atoms with Gasteiger partial charge in [-0.05, 0) is 71.7 Å². The number of carbonyl (C=O) groups is 1. The zero-order valence-electron chi connectivity index (χ0n) is 14.8. The van der Waals surface area contributed by atoms with Gasteiger partial charge in [0.25, 0.3) is 0 Å². The van der Waals surface area contributed by atoms with Crippen LogP contribution in [0.25, 0.3) is 0 Å². The largest absolute Gasteiger partial charge is 0.494 e. The highest BCUT2D eigenvalue weighted by Crippen LogP contribution is 2.23. The molecule has 26 heavy (non-hydrogen) atoms. The van der Waals surface area contributed by atoms with E-state index < -0.39 is 15.9 Å². The summed E-state index contributed by atoms with van der Waals surface area (Å²) in [7, 11) is -2.40. The molecule has 1 N–H and O–H groups in total. The van der Waals surface area contributed by atoms with Gasteiger partial charge < -0.3 is 10.1 Å². The van der Waals surface area contributed by atoms with Gasteiger partial charge in [-0.3, -0.25) is 4.79 Å². The number of nitrogens with one attached hydrogen (secondary N) is 1. The molecule has 0 fully saturated rings. The van der Waals surface area contributed by atoms with Crippen LogP contribution >= 0.6 is 15.9 Å². The number of halogens is 1. The lowest BCUT2D eigenvalue weighted by molar-refractivity contribution is -0.116. The average Bonchev–Trinajstić information content (AvgIpc) is 2.58. The highest BCUT2D eigenvalue weighted by molar-refractivity contribution is 9.10. The van der Waals surface area contributed by atoms with Gasteiger partial charge >= 0.3 is 0 Å². The van der Waals surface area contributed by atoms with Crippen molar-refractivity contribution < 1.29 is 17.9 Å². The Bertz CT molecular complexity index is 883. The van der Waals surface area contributed by atoms with Crippen LogP contribution in [0.4, 0.5) is 5.69 Å². The predicted octanol–water partition coefficient (Wildman–Crippen LogP) is 3.42. The van der Waals surface area contributed by atoms with E-state index in [2.05, 4.69) is 21.2 Å². The number of amides is 1. The summed E-state index contributed by atoms with van der Waals surface area (Å²) < 4.78 is 32.3. The molecule has 0 spiro atoms. The average molecular weight is 441 g/mol. The van der Waals surface area contributed by atoms with Crippen LogP contribution in [0.15, 0.2) is 51.8 Å². The third kappa shape index (κ3) is 5.06. The Balaban J connectivity index is 2.07. The van der Waals surface area contributed by atoms with Gasteiger partial charge in [0.05, 0.1) is 23.7 Å². The van der Waals surface area contributed by atoms with Crippen LogP contribution < -0.4 is 10.1 Å². The number of hydrogen-bond donors (Lipinski definition) is 1. The van der Waals surface area contributed by atoms with Crippen molar-refractivity contribution in [3.63, 3.8) is 0 Å². The SMILES string of the molecule is CCOc1ccc(S(=O)(=O)N(C)CC(=O)Nc2ccc(C)cc2Br)cc1. The van der Waals surface area contributed by atoms with Gasteiger partial charge in [-0.15, -0.1) is 0 Å². The van der Waals surface area contributed by atoms with Crippen molar-refractivity contribution in [3.8, 4) is 5.75 Å². The molecule has 2 aromatic rings. The van der Waals surface area contributed by atoms with Gasteiger partial charge in [-0.2, -0.15) is 4.31 Å². The number of likely N-dealkylation sites (N-methyl/N-ethyl adjacent to an activating group) is 1. The van der Waals surface area contributed by atoms with E-state index in [1.54, 1.807) is 18.2 Å². The lowest BCUT2D eigenvalue weighted by Crippen LogP contribution is -2.35. The topological polar surface area (TPSA) is 75.7 Å². The molecule has 0 aliphatic heterocycles. The minimum atomic E-state index is -3.77. The second-order valence-electron chi connectivity index (χ2n) is 5.70. The fourth-order valence-electron chi connectivity index (χ4n) is 2.25. The van der Waals surface area contributed by atoms with Crippen molar-refractivity contribution in [2.24, 2.45) is 0 Å². The monoisotopic (exact) mass is 440 g/mol. The van der Waals surface area contributed by atoms with E-state index in [1.807, 2.05) is 26.0 Å². The summed E-state index contributed by atoms with van der Waals surface area (Å²) in [6, 6.07) is 11.6. The van der Waals surface area contributed by atoms with E-state index in [9.17, 15) is 13.2 Å². The molecule has 0 atom stereocenters. The number of sulfonamides is 1. The summed E-state index contributed by atoms with van der Waals surface area (Å²) in [5, 5.41) is 2.71. The number of benzene rings is 2. The Labute approximate surface area is 162 Å². The minimum Gasteiger partial charge on any atom is -0.494 e. The van der Waals surface area contributed by atoms with Crippen LogP contribution in [0, 0.1) is 6.92 Å². The van der Waals surface area contributed by atoms with Crippen LogP contribution in [0.1, 0.15) is 12.5 Å². The Morgan fingerprint density at radius 2 is 1.85 bits per heavy atom. The molecule has 0 saturated heterocycles. The molecule has 0 unspecified atom stereocenters. The number of aryl methyl sites for hydroxylation is 1. The predicted molar refractivity (Wildman–Crippen MR) is 105 cm³/mol. The van der Waals surface area contributed by atoms with Crippen LogP contribution in [-0.2, 0) is 14.8 Å². The maximum atomic E-state index is 12.6. The van der Waals surface area contributed by atoms with Gasteiger partial charge in [0.15, 0.2) is 0 Å². The fourth-order valence-corrected chi connectivity index (χ4v) is 3.97. The highest BCUT2D eigenvalue weighted by atomic mass is 79.9. The van der Waals surface area contributed by atoms with Crippen molar-refractivity contribution in [1.29, 1.82) is 0 Å². The number of hydrogen-bond acceptors (Lipinski definition) is 4. The van der Waals surface area contributed by atoms with Gasteiger partial charge in [0, 0.05) is 11.5 Å². The Kier molecular flexibility index (Phi) is 6.80. The van der Waals surface area contributed by atoms with E-state index in [4.69, 9.17) is 4.74 Å². The molecule has 1 amide bonds. The number of carbonyl (C=O) groups excluding carboxylic acids is 1. The normalized spacial score (nSPS) is 11.4. The van der Waals surface area contributed by atoms with Crippen LogP contribution in [0.3, 0.4) is 0 Å². The van der Waals surface area contributed by atoms with E-state index in [0.29, 0.717) is 18.0 Å². The number of ether oxygens (including phenoxy) is 1. The molecule has 2 aromatic carbocycles. The van der Waals surface area contributed by atoms with Crippen molar-refractivity contribution in [3.05, 3.63) is 52.5 Å². The fraction of sp³-hybridized carbons (Fsp3) is 0.278. The van der Waals surface area contributed by atoms with Gasteiger partial charge in [-0.25, -0.2) is 8.42 Å². The maximum absolute atomic E-state index is 12.6. The Morgan fingerprint density at radius 3 is 2.42 bits per heavy atom. The maximum Gasteiger partial charge on any atom is 0.243 e. The van der Waals surface area contributed by atoms with Crippen molar-refractivity contribution in [2.75, 3.05) is 25.5 Å². The second kappa shape index (κ2) is 8.66. The summed E-state index contributed by atoms with van der Waals surface area (Å²) in [6.45, 7) is 3.99. The smallest absolute Gasteiger partial charge is 0.243 e. The first-order valence-electron chi connectivity index (χ1n) is 7.99. The molecule has 6 nitrogen and oxygen atoms in total. The molecular weight excluding hydrogens is 420 g/mol. The first-order valence-corrected chi connectivity index (χ1v) is 10.2. The zero-order valence-corrected chi connectivity index (χ0v) is 17.2. The van der Waals surface area contributed by atoms with Crippen LogP contribution in [-0.4, -0.2) is 38.8 Å². The first-order chi connectivity index (χ1) is 12.2. The van der Waals surface area contributed by atoms with Crippen LogP contribution in [0.5, 0.6) is 5.75 Å². The van der Waals surface area contributed by atoms with Crippen LogP contribution in [0.2, 0.25) is 0 Å². The number of nitrogens with zero attached hydrogens (tertiary/aromatic N) is 1. The molecule has 0 bridgehead atoms. The molecule has 0 aliphatic rings. The first kappa shape index (κ1) is 20.4. The molecule has 2 rings (SSSR count). The Hall–Kier alpha value is -1.90. The molecule has 0 radical (unpaired) electrons. The summed E-state index contributed by atoms with van der Waals surface area (Å²) >= 11 is 3.38. The molecule has 8 heteroatoms. The van der Waals surface area contributed by atoms with Crippen molar-refractivity contribution >= 4 is 37.5 Å². The van der Waals surface area contributed by atoms with Gasteiger partial charge in [0.2, 0.25) is 15.9 Å². The highest BCUT2D eigenvalue weighted by Gasteiger charge is 2.23. The third-order valence-corrected chi connectivity index (χ3v) is 6.08. The number of anilines is 1. The molecule has 140 valence electrons.